The van der Waals surface area contributed by atoms with Gasteiger partial charge in [0.25, 0.3) is 0 Å². The Morgan fingerprint density at radius 2 is 2.08 bits per heavy atom. The number of carboxylic acids is 1. The minimum atomic E-state index is -1.07. The summed E-state index contributed by atoms with van der Waals surface area (Å²) in [5.41, 5.74) is 2.27. The molecule has 0 aliphatic rings. The Balaban J connectivity index is 2.55. The lowest BCUT2D eigenvalue weighted by atomic mass is 10.2. The Hall–Kier alpha value is -2.54. The lowest BCUT2D eigenvalue weighted by molar-refractivity contribution is 0.0696. The monoisotopic (exact) mass is 344 g/mol. The number of thioether (sulfide) groups is 1. The Kier molecular flexibility index (Phi) is 5.81. The number of benzene rings is 1. The summed E-state index contributed by atoms with van der Waals surface area (Å²) in [4.78, 5) is 22.2. The number of carbonyl (C=O) groups is 1. The Morgan fingerprint density at radius 3 is 2.67 bits per heavy atom. The number of aromatic nitrogens is 2. The number of aromatic carboxylic acids is 1. The van der Waals surface area contributed by atoms with Gasteiger partial charge in [-0.15, -0.1) is 0 Å². The maximum atomic E-state index is 11.8. The molecule has 1 heterocycles. The second kappa shape index (κ2) is 7.83. The van der Waals surface area contributed by atoms with E-state index in [1.165, 1.54) is 11.8 Å². The molecular weight excluding hydrogens is 324 g/mol. The molecule has 1 aromatic heterocycles. The van der Waals surface area contributed by atoms with Crippen LogP contribution in [0.25, 0.3) is 6.08 Å². The summed E-state index contributed by atoms with van der Waals surface area (Å²) in [6, 6.07) is 7.68. The van der Waals surface area contributed by atoms with Crippen molar-refractivity contribution < 1.29 is 9.90 Å². The van der Waals surface area contributed by atoms with Crippen molar-refractivity contribution in [3.63, 3.8) is 0 Å². The van der Waals surface area contributed by atoms with Crippen molar-refractivity contribution >= 4 is 35.3 Å². The number of nitrogens with one attached hydrogen (secondary N) is 1. The van der Waals surface area contributed by atoms with Crippen molar-refractivity contribution in [3.05, 3.63) is 47.3 Å². The molecule has 0 radical (unpaired) electrons. The van der Waals surface area contributed by atoms with Gasteiger partial charge in [-0.25, -0.2) is 14.8 Å². The van der Waals surface area contributed by atoms with Crippen molar-refractivity contribution in [2.24, 2.45) is 0 Å². The van der Waals surface area contributed by atoms with Gasteiger partial charge in [-0.3, -0.25) is 0 Å². The van der Waals surface area contributed by atoms with Gasteiger partial charge >= 0.3 is 5.97 Å². The molecule has 0 fully saturated rings. The van der Waals surface area contributed by atoms with E-state index in [0.29, 0.717) is 10.9 Å². The van der Waals surface area contributed by atoms with E-state index in [4.69, 9.17) is 0 Å². The van der Waals surface area contributed by atoms with Crippen LogP contribution in [-0.4, -0.2) is 46.3 Å². The standard InChI is InChI=1S/C17H20N4O2S/c1-11-6-5-7-12(10-11)18-15-14(16(22)23)13(8-9-21(2)3)19-17(20-15)24-4/h5-10H,1-4H3,(H,22,23)(H,18,19,20)/b9-8+. The van der Waals surface area contributed by atoms with E-state index in [1.54, 1.807) is 12.3 Å². The molecule has 7 heteroatoms. The van der Waals surface area contributed by atoms with Crippen molar-refractivity contribution in [2.45, 2.75) is 12.1 Å². The van der Waals surface area contributed by atoms with Crippen LogP contribution in [0.2, 0.25) is 0 Å². The largest absolute Gasteiger partial charge is 0.477 e. The molecule has 0 aliphatic heterocycles. The molecule has 0 atom stereocenters. The first-order valence-electron chi connectivity index (χ1n) is 7.28. The number of carboxylic acid groups (broad SMARTS) is 1. The summed E-state index contributed by atoms with van der Waals surface area (Å²) < 4.78 is 0. The molecule has 0 spiro atoms. The number of hydrogen-bond acceptors (Lipinski definition) is 6. The zero-order valence-electron chi connectivity index (χ0n) is 14.1. The van der Waals surface area contributed by atoms with E-state index in [2.05, 4.69) is 15.3 Å². The van der Waals surface area contributed by atoms with E-state index < -0.39 is 5.97 Å². The molecule has 0 unspecified atom stereocenters. The van der Waals surface area contributed by atoms with Crippen LogP contribution in [0.15, 0.2) is 35.6 Å². The summed E-state index contributed by atoms with van der Waals surface area (Å²) >= 11 is 1.36. The molecule has 0 aliphatic carbocycles. The molecule has 0 bridgehead atoms. The van der Waals surface area contributed by atoms with Gasteiger partial charge < -0.3 is 15.3 Å². The van der Waals surface area contributed by atoms with E-state index in [1.807, 2.05) is 56.4 Å². The Morgan fingerprint density at radius 1 is 1.33 bits per heavy atom. The van der Waals surface area contributed by atoms with Crippen LogP contribution in [0.3, 0.4) is 0 Å². The SMILES string of the molecule is CSc1nc(/C=C/N(C)C)c(C(=O)O)c(Nc2cccc(C)c2)n1. The second-order valence-corrected chi connectivity index (χ2v) is 6.17. The van der Waals surface area contributed by atoms with Crippen molar-refractivity contribution in [2.75, 3.05) is 25.7 Å². The number of aryl methyl sites for hydroxylation is 1. The van der Waals surface area contributed by atoms with Crippen LogP contribution in [0.1, 0.15) is 21.6 Å². The highest BCUT2D eigenvalue weighted by atomic mass is 32.2. The van der Waals surface area contributed by atoms with Gasteiger partial charge in [0.15, 0.2) is 5.16 Å². The molecule has 126 valence electrons. The zero-order valence-corrected chi connectivity index (χ0v) is 14.9. The number of anilines is 2. The predicted octanol–water partition coefficient (Wildman–Crippen LogP) is 3.48. The first kappa shape index (κ1) is 17.8. The molecule has 2 N–H and O–H groups in total. The molecule has 0 amide bonds. The maximum absolute atomic E-state index is 11.8. The highest BCUT2D eigenvalue weighted by Gasteiger charge is 2.19. The van der Waals surface area contributed by atoms with Gasteiger partial charge in [-0.2, -0.15) is 0 Å². The van der Waals surface area contributed by atoms with Crippen LogP contribution in [0, 0.1) is 6.92 Å². The topological polar surface area (TPSA) is 78.4 Å². The third-order valence-electron chi connectivity index (χ3n) is 3.12. The van der Waals surface area contributed by atoms with Gasteiger partial charge in [0.2, 0.25) is 0 Å². The molecule has 2 rings (SSSR count). The van der Waals surface area contributed by atoms with Gasteiger partial charge in [-0.1, -0.05) is 23.9 Å². The average Bonchev–Trinajstić information content (AvgIpc) is 2.52. The first-order valence-corrected chi connectivity index (χ1v) is 8.51. The van der Waals surface area contributed by atoms with E-state index in [9.17, 15) is 9.90 Å². The zero-order chi connectivity index (χ0) is 17.7. The summed E-state index contributed by atoms with van der Waals surface area (Å²) in [6.07, 6.45) is 5.28. The van der Waals surface area contributed by atoms with Crippen LogP contribution in [-0.2, 0) is 0 Å². The average molecular weight is 344 g/mol. The highest BCUT2D eigenvalue weighted by molar-refractivity contribution is 7.98. The minimum absolute atomic E-state index is 0.0485. The van der Waals surface area contributed by atoms with Crippen molar-refractivity contribution in [1.29, 1.82) is 0 Å². The van der Waals surface area contributed by atoms with Crippen LogP contribution in [0.4, 0.5) is 11.5 Å². The molecular formula is C17H20N4O2S. The molecule has 6 nitrogen and oxygen atoms in total. The van der Waals surface area contributed by atoms with E-state index in [0.717, 1.165) is 11.3 Å². The molecule has 0 saturated carbocycles. The number of nitrogens with zero attached hydrogens (tertiary/aromatic N) is 3. The smallest absolute Gasteiger partial charge is 0.341 e. The molecule has 24 heavy (non-hydrogen) atoms. The number of hydrogen-bond donors (Lipinski definition) is 2. The third-order valence-corrected chi connectivity index (χ3v) is 3.67. The van der Waals surface area contributed by atoms with E-state index >= 15 is 0 Å². The summed E-state index contributed by atoms with van der Waals surface area (Å²) in [5, 5.41) is 13.2. The Labute approximate surface area is 145 Å². The fourth-order valence-corrected chi connectivity index (χ4v) is 2.42. The van der Waals surface area contributed by atoms with Crippen LogP contribution >= 0.6 is 11.8 Å². The highest BCUT2D eigenvalue weighted by Crippen LogP contribution is 2.25. The summed E-state index contributed by atoms with van der Waals surface area (Å²) in [7, 11) is 3.72. The predicted molar refractivity (Wildman–Crippen MR) is 98.0 cm³/mol. The summed E-state index contributed by atoms with van der Waals surface area (Å²) in [6.45, 7) is 1.97. The maximum Gasteiger partial charge on any atom is 0.341 e. The quantitative estimate of drug-likeness (QED) is 0.613. The molecule has 2 aromatic rings. The normalized spacial score (nSPS) is 10.8. The summed E-state index contributed by atoms with van der Waals surface area (Å²) in [5.74, 6) is -0.790. The van der Waals surface area contributed by atoms with Crippen LogP contribution in [0.5, 0.6) is 0 Å². The van der Waals surface area contributed by atoms with Gasteiger partial charge in [0.05, 0.1) is 5.69 Å². The minimum Gasteiger partial charge on any atom is -0.477 e. The fraction of sp³-hybridized carbons (Fsp3) is 0.235. The lowest BCUT2D eigenvalue weighted by Crippen LogP contribution is -2.11. The number of rotatable bonds is 6. The van der Waals surface area contributed by atoms with Gasteiger partial charge in [-0.05, 0) is 37.0 Å². The van der Waals surface area contributed by atoms with Gasteiger partial charge in [0, 0.05) is 26.0 Å². The van der Waals surface area contributed by atoms with Crippen molar-refractivity contribution in [1.82, 2.24) is 14.9 Å². The molecule has 1 aromatic carbocycles. The molecule has 0 saturated heterocycles. The Bertz CT molecular complexity index is 775. The van der Waals surface area contributed by atoms with Crippen LogP contribution < -0.4 is 5.32 Å². The lowest BCUT2D eigenvalue weighted by Gasteiger charge is -2.13. The second-order valence-electron chi connectivity index (χ2n) is 5.40. The first-order chi connectivity index (χ1) is 11.4. The fourth-order valence-electron chi connectivity index (χ4n) is 2.05. The van der Waals surface area contributed by atoms with E-state index in [-0.39, 0.29) is 11.4 Å². The van der Waals surface area contributed by atoms with Crippen molar-refractivity contribution in [3.8, 4) is 0 Å². The van der Waals surface area contributed by atoms with Gasteiger partial charge in [0.1, 0.15) is 11.4 Å². The third kappa shape index (κ3) is 4.48.